The van der Waals surface area contributed by atoms with Gasteiger partial charge in [0.1, 0.15) is 0 Å². The van der Waals surface area contributed by atoms with E-state index in [9.17, 15) is 0 Å². The van der Waals surface area contributed by atoms with E-state index in [1.54, 1.807) is 0 Å². The maximum Gasteiger partial charge on any atom is 0.0876 e. The van der Waals surface area contributed by atoms with Crippen LogP contribution in [0.5, 0.6) is 0 Å². The number of rotatable bonds is 5. The molecule has 0 amide bonds. The molecule has 0 aromatic heterocycles. The Balaban J connectivity index is 2.14. The predicted octanol–water partition coefficient (Wildman–Crippen LogP) is 3.11. The van der Waals surface area contributed by atoms with E-state index in [0.717, 1.165) is 32.4 Å². The smallest absolute Gasteiger partial charge is 0.0876 e. The van der Waals surface area contributed by atoms with Gasteiger partial charge in [0.25, 0.3) is 0 Å². The average Bonchev–Trinajstić information content (AvgIpc) is 2.67. The molecular formula is C16H29NO2. The first-order chi connectivity index (χ1) is 9.15. The van der Waals surface area contributed by atoms with E-state index in [2.05, 4.69) is 33.0 Å². The molecule has 0 aromatic rings. The van der Waals surface area contributed by atoms with Crippen molar-refractivity contribution in [2.75, 3.05) is 13.2 Å². The van der Waals surface area contributed by atoms with Crippen LogP contribution < -0.4 is 5.32 Å². The Morgan fingerprint density at radius 1 is 1.32 bits per heavy atom. The highest BCUT2D eigenvalue weighted by Crippen LogP contribution is 2.38. The third-order valence-electron chi connectivity index (χ3n) is 4.68. The van der Waals surface area contributed by atoms with Crippen LogP contribution in [0.15, 0.2) is 11.8 Å². The van der Waals surface area contributed by atoms with Gasteiger partial charge in [0, 0.05) is 12.0 Å². The van der Waals surface area contributed by atoms with Gasteiger partial charge in [-0.25, -0.2) is 0 Å². The van der Waals surface area contributed by atoms with Gasteiger partial charge >= 0.3 is 0 Å². The van der Waals surface area contributed by atoms with E-state index in [4.69, 9.17) is 9.47 Å². The SMILES string of the molecule is CCCNC(C1=COCCC1)C1C(C)OC(C)C1C. The van der Waals surface area contributed by atoms with Crippen LogP contribution in [0.3, 0.4) is 0 Å². The lowest BCUT2D eigenvalue weighted by atomic mass is 9.79. The summed E-state index contributed by atoms with van der Waals surface area (Å²) in [5, 5.41) is 3.73. The van der Waals surface area contributed by atoms with Crippen molar-refractivity contribution in [3.63, 3.8) is 0 Å². The molecule has 0 saturated carbocycles. The fourth-order valence-corrected chi connectivity index (χ4v) is 3.50. The fourth-order valence-electron chi connectivity index (χ4n) is 3.50. The van der Waals surface area contributed by atoms with E-state index in [1.165, 1.54) is 5.57 Å². The zero-order valence-corrected chi connectivity index (χ0v) is 12.8. The lowest BCUT2D eigenvalue weighted by molar-refractivity contribution is 0.0484. The molecule has 0 radical (unpaired) electrons. The molecule has 2 heterocycles. The van der Waals surface area contributed by atoms with Crippen LogP contribution in [0.4, 0.5) is 0 Å². The minimum Gasteiger partial charge on any atom is -0.501 e. The number of hydrogen-bond donors (Lipinski definition) is 1. The van der Waals surface area contributed by atoms with E-state index in [1.807, 2.05) is 6.26 Å². The molecule has 3 heteroatoms. The van der Waals surface area contributed by atoms with Crippen LogP contribution in [0.2, 0.25) is 0 Å². The van der Waals surface area contributed by atoms with Gasteiger partial charge in [-0.3, -0.25) is 0 Å². The quantitative estimate of drug-likeness (QED) is 0.830. The molecule has 1 fully saturated rings. The van der Waals surface area contributed by atoms with Gasteiger partial charge in [0.05, 0.1) is 25.1 Å². The maximum atomic E-state index is 6.03. The largest absolute Gasteiger partial charge is 0.501 e. The molecule has 3 nitrogen and oxygen atoms in total. The molecule has 110 valence electrons. The summed E-state index contributed by atoms with van der Waals surface area (Å²) in [6.07, 6.45) is 6.14. The molecule has 0 aromatic carbocycles. The number of nitrogens with one attached hydrogen (secondary N) is 1. The summed E-state index contributed by atoms with van der Waals surface area (Å²) in [7, 11) is 0. The van der Waals surface area contributed by atoms with Gasteiger partial charge in [-0.1, -0.05) is 13.8 Å². The van der Waals surface area contributed by atoms with Crippen LogP contribution in [-0.4, -0.2) is 31.4 Å². The number of hydrogen-bond acceptors (Lipinski definition) is 3. The summed E-state index contributed by atoms with van der Waals surface area (Å²) in [5.41, 5.74) is 1.43. The molecule has 0 aliphatic carbocycles. The highest BCUT2D eigenvalue weighted by molar-refractivity contribution is 5.14. The lowest BCUT2D eigenvalue weighted by Gasteiger charge is -2.33. The van der Waals surface area contributed by atoms with Gasteiger partial charge in [-0.15, -0.1) is 0 Å². The lowest BCUT2D eigenvalue weighted by Crippen LogP contribution is -2.44. The van der Waals surface area contributed by atoms with Gasteiger partial charge in [-0.05, 0) is 51.1 Å². The van der Waals surface area contributed by atoms with Crippen LogP contribution >= 0.6 is 0 Å². The van der Waals surface area contributed by atoms with Crippen molar-refractivity contribution in [1.82, 2.24) is 5.32 Å². The van der Waals surface area contributed by atoms with Crippen molar-refractivity contribution in [3.05, 3.63) is 11.8 Å². The Kier molecular flexibility index (Phi) is 5.28. The van der Waals surface area contributed by atoms with Gasteiger partial charge in [0.15, 0.2) is 0 Å². The molecule has 1 N–H and O–H groups in total. The zero-order valence-electron chi connectivity index (χ0n) is 12.8. The summed E-state index contributed by atoms with van der Waals surface area (Å²) in [5.74, 6) is 1.14. The number of ether oxygens (including phenoxy) is 2. The molecule has 19 heavy (non-hydrogen) atoms. The molecule has 0 spiro atoms. The molecule has 5 unspecified atom stereocenters. The van der Waals surface area contributed by atoms with Gasteiger partial charge in [-0.2, -0.15) is 0 Å². The monoisotopic (exact) mass is 267 g/mol. The Labute approximate surface area is 117 Å². The van der Waals surface area contributed by atoms with Crippen LogP contribution in [-0.2, 0) is 9.47 Å². The first-order valence-corrected chi connectivity index (χ1v) is 7.84. The Bertz CT molecular complexity index is 316. The Morgan fingerprint density at radius 2 is 2.11 bits per heavy atom. The molecule has 5 atom stereocenters. The van der Waals surface area contributed by atoms with E-state index in [0.29, 0.717) is 30.1 Å². The fraction of sp³-hybridized carbons (Fsp3) is 0.875. The van der Waals surface area contributed by atoms with Crippen LogP contribution in [0, 0.1) is 11.8 Å². The van der Waals surface area contributed by atoms with Gasteiger partial charge in [0.2, 0.25) is 0 Å². The molecule has 0 bridgehead atoms. The molecule has 2 rings (SSSR count). The second kappa shape index (κ2) is 6.76. The maximum absolute atomic E-state index is 6.03. The highest BCUT2D eigenvalue weighted by Gasteiger charge is 2.42. The molecule has 2 aliphatic heterocycles. The van der Waals surface area contributed by atoms with Crippen molar-refractivity contribution in [1.29, 1.82) is 0 Å². The van der Waals surface area contributed by atoms with E-state index < -0.39 is 0 Å². The molecular weight excluding hydrogens is 238 g/mol. The third-order valence-corrected chi connectivity index (χ3v) is 4.68. The third kappa shape index (κ3) is 3.32. The zero-order chi connectivity index (χ0) is 13.8. The Morgan fingerprint density at radius 3 is 2.63 bits per heavy atom. The molecule has 2 aliphatic rings. The van der Waals surface area contributed by atoms with Crippen molar-refractivity contribution < 1.29 is 9.47 Å². The predicted molar refractivity (Wildman–Crippen MR) is 78.0 cm³/mol. The van der Waals surface area contributed by atoms with Crippen molar-refractivity contribution in [2.24, 2.45) is 11.8 Å². The summed E-state index contributed by atoms with van der Waals surface area (Å²) in [6, 6.07) is 0.412. The first-order valence-electron chi connectivity index (χ1n) is 7.84. The second-order valence-corrected chi connectivity index (χ2v) is 6.08. The summed E-state index contributed by atoms with van der Waals surface area (Å²) in [4.78, 5) is 0. The second-order valence-electron chi connectivity index (χ2n) is 6.08. The molecule has 1 saturated heterocycles. The average molecular weight is 267 g/mol. The van der Waals surface area contributed by atoms with Crippen LogP contribution in [0.25, 0.3) is 0 Å². The van der Waals surface area contributed by atoms with Crippen LogP contribution in [0.1, 0.15) is 47.0 Å². The summed E-state index contributed by atoms with van der Waals surface area (Å²) >= 11 is 0. The standard InChI is InChI=1S/C16H29NO2/c1-5-8-17-16(14-7-6-9-18-10-14)15-11(2)12(3)19-13(15)4/h10-13,15-17H,5-9H2,1-4H3. The topological polar surface area (TPSA) is 30.5 Å². The summed E-state index contributed by atoms with van der Waals surface area (Å²) in [6.45, 7) is 10.9. The van der Waals surface area contributed by atoms with Crippen molar-refractivity contribution in [2.45, 2.75) is 65.2 Å². The minimum atomic E-state index is 0.321. The van der Waals surface area contributed by atoms with Gasteiger partial charge < -0.3 is 14.8 Å². The minimum absolute atomic E-state index is 0.321. The van der Waals surface area contributed by atoms with Crippen molar-refractivity contribution in [3.8, 4) is 0 Å². The normalized spacial score (nSPS) is 36.7. The van der Waals surface area contributed by atoms with E-state index in [-0.39, 0.29) is 0 Å². The highest BCUT2D eigenvalue weighted by atomic mass is 16.5. The summed E-state index contributed by atoms with van der Waals surface area (Å²) < 4.78 is 11.6. The van der Waals surface area contributed by atoms with Crippen molar-refractivity contribution >= 4 is 0 Å². The Hall–Kier alpha value is -0.540. The van der Waals surface area contributed by atoms with E-state index >= 15 is 0 Å². The first kappa shape index (κ1) is 14.9.